The standard InChI is InChI=1S/C15H12N4O/c16-10-12-3-5-13(6-4-12)18-15(20)7-9-19-8-1-2-14(19)11-17/h1-6,8H,7,9H2,(H,18,20). The van der Waals surface area contributed by atoms with Gasteiger partial charge in [0.1, 0.15) is 11.8 Å². The minimum atomic E-state index is -0.132. The highest BCUT2D eigenvalue weighted by Gasteiger charge is 2.05. The number of hydrogen-bond acceptors (Lipinski definition) is 3. The lowest BCUT2D eigenvalue weighted by atomic mass is 10.2. The van der Waals surface area contributed by atoms with Crippen molar-refractivity contribution >= 4 is 11.6 Å². The molecule has 0 saturated carbocycles. The Labute approximate surface area is 116 Å². The number of anilines is 1. The van der Waals surface area contributed by atoms with Gasteiger partial charge in [-0.15, -0.1) is 0 Å². The van der Waals surface area contributed by atoms with E-state index in [9.17, 15) is 4.79 Å². The first-order chi connectivity index (χ1) is 9.72. The van der Waals surface area contributed by atoms with E-state index < -0.39 is 0 Å². The third-order valence-electron chi connectivity index (χ3n) is 2.82. The molecule has 1 aromatic heterocycles. The molecule has 2 aromatic rings. The maximum absolute atomic E-state index is 11.8. The van der Waals surface area contributed by atoms with E-state index in [1.54, 1.807) is 47.2 Å². The Morgan fingerprint density at radius 1 is 1.15 bits per heavy atom. The highest BCUT2D eigenvalue weighted by Crippen LogP contribution is 2.09. The van der Waals surface area contributed by atoms with Gasteiger partial charge in [0, 0.05) is 24.8 Å². The molecule has 1 heterocycles. The first kappa shape index (κ1) is 13.4. The van der Waals surface area contributed by atoms with Crippen LogP contribution in [0.4, 0.5) is 5.69 Å². The summed E-state index contributed by atoms with van der Waals surface area (Å²) in [6.45, 7) is 0.456. The lowest BCUT2D eigenvalue weighted by Crippen LogP contribution is -2.14. The Morgan fingerprint density at radius 3 is 2.55 bits per heavy atom. The Kier molecular flexibility index (Phi) is 4.16. The second-order valence-corrected chi connectivity index (χ2v) is 4.19. The van der Waals surface area contributed by atoms with Crippen LogP contribution in [0.25, 0.3) is 0 Å². The van der Waals surface area contributed by atoms with Crippen molar-refractivity contribution in [1.29, 1.82) is 10.5 Å². The van der Waals surface area contributed by atoms with E-state index in [0.29, 0.717) is 23.5 Å². The molecule has 0 aliphatic carbocycles. The van der Waals surface area contributed by atoms with Crippen LogP contribution in [0.2, 0.25) is 0 Å². The second-order valence-electron chi connectivity index (χ2n) is 4.19. The number of hydrogen-bond donors (Lipinski definition) is 1. The zero-order valence-electron chi connectivity index (χ0n) is 10.7. The summed E-state index contributed by atoms with van der Waals surface area (Å²) in [5.74, 6) is -0.132. The van der Waals surface area contributed by atoms with E-state index in [2.05, 4.69) is 11.4 Å². The predicted octanol–water partition coefficient (Wildman–Crippen LogP) is 2.26. The van der Waals surface area contributed by atoms with Crippen molar-refractivity contribution in [2.24, 2.45) is 0 Å². The van der Waals surface area contributed by atoms with Crippen LogP contribution in [0.1, 0.15) is 17.7 Å². The smallest absolute Gasteiger partial charge is 0.226 e. The van der Waals surface area contributed by atoms with Gasteiger partial charge in [0.2, 0.25) is 5.91 Å². The molecule has 0 radical (unpaired) electrons. The molecule has 0 saturated heterocycles. The maximum atomic E-state index is 11.8. The fourth-order valence-corrected chi connectivity index (χ4v) is 1.78. The van der Waals surface area contributed by atoms with Gasteiger partial charge in [0.25, 0.3) is 0 Å². The second kappa shape index (κ2) is 6.21. The number of nitrogens with one attached hydrogen (secondary N) is 1. The van der Waals surface area contributed by atoms with Gasteiger partial charge >= 0.3 is 0 Å². The van der Waals surface area contributed by atoms with E-state index in [1.165, 1.54) is 0 Å². The predicted molar refractivity (Wildman–Crippen MR) is 73.6 cm³/mol. The van der Waals surface area contributed by atoms with Crippen LogP contribution in [-0.2, 0) is 11.3 Å². The molecular formula is C15H12N4O. The molecule has 0 bridgehead atoms. The van der Waals surface area contributed by atoms with Gasteiger partial charge in [-0.25, -0.2) is 0 Å². The molecule has 0 spiro atoms. The van der Waals surface area contributed by atoms with E-state index >= 15 is 0 Å². The van der Waals surface area contributed by atoms with Crippen molar-refractivity contribution in [1.82, 2.24) is 4.57 Å². The largest absolute Gasteiger partial charge is 0.339 e. The summed E-state index contributed by atoms with van der Waals surface area (Å²) in [4.78, 5) is 11.8. The quantitative estimate of drug-likeness (QED) is 0.919. The topological polar surface area (TPSA) is 81.6 Å². The van der Waals surface area contributed by atoms with Gasteiger partial charge in [-0.2, -0.15) is 10.5 Å². The van der Waals surface area contributed by atoms with Gasteiger partial charge in [0.15, 0.2) is 0 Å². The third kappa shape index (κ3) is 3.24. The molecule has 98 valence electrons. The van der Waals surface area contributed by atoms with Crippen LogP contribution in [0, 0.1) is 22.7 Å². The molecule has 20 heavy (non-hydrogen) atoms. The lowest BCUT2D eigenvalue weighted by Gasteiger charge is -2.06. The Hall–Kier alpha value is -3.05. The van der Waals surface area contributed by atoms with Crippen LogP contribution in [0.15, 0.2) is 42.6 Å². The Balaban J connectivity index is 1.90. The zero-order chi connectivity index (χ0) is 14.4. The minimum Gasteiger partial charge on any atom is -0.339 e. The average molecular weight is 264 g/mol. The fourth-order valence-electron chi connectivity index (χ4n) is 1.78. The normalized spacial score (nSPS) is 9.50. The molecule has 5 heteroatoms. The number of amides is 1. The van der Waals surface area contributed by atoms with E-state index in [-0.39, 0.29) is 12.3 Å². The summed E-state index contributed by atoms with van der Waals surface area (Å²) in [5.41, 5.74) is 1.74. The number of carbonyl (C=O) groups excluding carboxylic acids is 1. The van der Waals surface area contributed by atoms with Gasteiger partial charge in [-0.3, -0.25) is 4.79 Å². The number of aromatic nitrogens is 1. The summed E-state index contributed by atoms with van der Waals surface area (Å²) < 4.78 is 1.73. The average Bonchev–Trinajstić information content (AvgIpc) is 2.93. The van der Waals surface area contributed by atoms with Crippen molar-refractivity contribution < 1.29 is 4.79 Å². The molecule has 0 aliphatic heterocycles. The molecular weight excluding hydrogens is 252 g/mol. The fraction of sp³-hybridized carbons (Fsp3) is 0.133. The molecule has 5 nitrogen and oxygen atoms in total. The summed E-state index contributed by atoms with van der Waals surface area (Å²) >= 11 is 0. The van der Waals surface area contributed by atoms with Crippen molar-refractivity contribution in [2.45, 2.75) is 13.0 Å². The van der Waals surface area contributed by atoms with Gasteiger partial charge in [-0.1, -0.05) is 0 Å². The summed E-state index contributed by atoms with van der Waals surface area (Å²) in [5, 5.41) is 20.3. The molecule has 0 aliphatic rings. The number of benzene rings is 1. The molecule has 0 atom stereocenters. The van der Waals surface area contributed by atoms with E-state index in [4.69, 9.17) is 10.5 Å². The summed E-state index contributed by atoms with van der Waals surface area (Å²) in [6.07, 6.45) is 2.05. The SMILES string of the molecule is N#Cc1ccc(NC(=O)CCn2cccc2C#N)cc1. The van der Waals surface area contributed by atoms with Crippen molar-refractivity contribution in [2.75, 3.05) is 5.32 Å². The third-order valence-corrected chi connectivity index (χ3v) is 2.82. The van der Waals surface area contributed by atoms with Crippen molar-refractivity contribution in [3.05, 3.63) is 53.9 Å². The van der Waals surface area contributed by atoms with Crippen LogP contribution in [-0.4, -0.2) is 10.5 Å². The van der Waals surface area contributed by atoms with E-state index in [0.717, 1.165) is 0 Å². The number of nitrogens with zero attached hydrogens (tertiary/aromatic N) is 3. The van der Waals surface area contributed by atoms with Crippen molar-refractivity contribution in [3.8, 4) is 12.1 Å². The minimum absolute atomic E-state index is 0.132. The number of carbonyl (C=O) groups is 1. The van der Waals surface area contributed by atoms with Gasteiger partial charge in [-0.05, 0) is 36.4 Å². The molecule has 1 N–H and O–H groups in total. The van der Waals surface area contributed by atoms with Gasteiger partial charge in [0.05, 0.1) is 11.6 Å². The Morgan fingerprint density at radius 2 is 1.90 bits per heavy atom. The highest BCUT2D eigenvalue weighted by molar-refractivity contribution is 5.90. The van der Waals surface area contributed by atoms with Crippen LogP contribution < -0.4 is 5.32 Å². The maximum Gasteiger partial charge on any atom is 0.226 e. The molecule has 0 unspecified atom stereocenters. The monoisotopic (exact) mass is 264 g/mol. The summed E-state index contributed by atoms with van der Waals surface area (Å²) in [7, 11) is 0. The van der Waals surface area contributed by atoms with Crippen LogP contribution >= 0.6 is 0 Å². The molecule has 2 rings (SSSR count). The lowest BCUT2D eigenvalue weighted by molar-refractivity contribution is -0.116. The van der Waals surface area contributed by atoms with E-state index in [1.807, 2.05) is 6.07 Å². The van der Waals surface area contributed by atoms with Crippen LogP contribution in [0.5, 0.6) is 0 Å². The van der Waals surface area contributed by atoms with Crippen LogP contribution in [0.3, 0.4) is 0 Å². The zero-order valence-corrected chi connectivity index (χ0v) is 10.7. The molecule has 1 amide bonds. The number of rotatable bonds is 4. The first-order valence-electron chi connectivity index (χ1n) is 6.08. The first-order valence-corrected chi connectivity index (χ1v) is 6.08. The molecule has 0 fully saturated rings. The summed E-state index contributed by atoms with van der Waals surface area (Å²) in [6, 6.07) is 14.2. The Bertz CT molecular complexity index is 686. The van der Waals surface area contributed by atoms with Gasteiger partial charge < -0.3 is 9.88 Å². The number of aryl methyl sites for hydroxylation is 1. The molecule has 1 aromatic carbocycles. The van der Waals surface area contributed by atoms with Crippen molar-refractivity contribution in [3.63, 3.8) is 0 Å². The number of nitriles is 2. The highest BCUT2D eigenvalue weighted by atomic mass is 16.1.